The van der Waals surface area contributed by atoms with Crippen LogP contribution in [0.2, 0.25) is 0 Å². The Hall–Kier alpha value is -2.65. The molecule has 126 valence electrons. The van der Waals surface area contributed by atoms with Crippen molar-refractivity contribution in [3.8, 4) is 0 Å². The Morgan fingerprint density at radius 3 is 2.48 bits per heavy atom. The first-order valence-corrected chi connectivity index (χ1v) is 6.06. The maximum atomic E-state index is 13.3. The number of amides is 1. The zero-order valence-corrected chi connectivity index (χ0v) is 12.0. The van der Waals surface area contributed by atoms with Crippen LogP contribution < -0.4 is 5.43 Å². The van der Waals surface area contributed by atoms with Crippen LogP contribution in [0.25, 0.3) is 0 Å². The summed E-state index contributed by atoms with van der Waals surface area (Å²) < 4.78 is 60.3. The number of rotatable bonds is 4. The van der Waals surface area contributed by atoms with E-state index in [1.165, 1.54) is 0 Å². The van der Waals surface area contributed by atoms with E-state index in [-0.39, 0.29) is 11.3 Å². The van der Waals surface area contributed by atoms with Crippen LogP contribution in [-0.2, 0) is 20.4 Å². The molecule has 1 rings (SSSR count). The fraction of sp³-hybridized carbons (Fsp3) is 0.308. The lowest BCUT2D eigenvalue weighted by molar-refractivity contribution is -0.140. The van der Waals surface area contributed by atoms with Crippen molar-refractivity contribution >= 4 is 17.8 Å². The van der Waals surface area contributed by atoms with Gasteiger partial charge in [-0.2, -0.15) is 18.3 Å². The predicted octanol–water partition coefficient (Wildman–Crippen LogP) is 2.47. The molecule has 0 unspecified atom stereocenters. The van der Waals surface area contributed by atoms with Crippen LogP contribution in [0.4, 0.5) is 22.4 Å². The molecule has 1 amide bonds. The summed E-state index contributed by atoms with van der Waals surface area (Å²) in [6.07, 6.45) is -5.90. The van der Waals surface area contributed by atoms with Crippen molar-refractivity contribution in [2.75, 3.05) is 13.7 Å². The van der Waals surface area contributed by atoms with Gasteiger partial charge in [-0.05, 0) is 12.1 Å². The average Bonchev–Trinajstić information content (AvgIpc) is 2.46. The third-order valence-corrected chi connectivity index (χ3v) is 2.48. The normalized spacial score (nSPS) is 11.8. The smallest absolute Gasteiger partial charge is 0.427 e. The number of hydrazone groups is 1. The van der Waals surface area contributed by atoms with Gasteiger partial charge in [-0.1, -0.05) is 6.07 Å². The molecule has 0 heterocycles. The van der Waals surface area contributed by atoms with Gasteiger partial charge in [0.2, 0.25) is 0 Å². The second-order valence-corrected chi connectivity index (χ2v) is 4.13. The molecule has 1 aromatic carbocycles. The van der Waals surface area contributed by atoms with Crippen molar-refractivity contribution in [2.24, 2.45) is 5.10 Å². The summed E-state index contributed by atoms with van der Waals surface area (Å²) in [7, 11) is 1.05. The van der Waals surface area contributed by atoms with Crippen LogP contribution in [0.15, 0.2) is 23.3 Å². The zero-order chi connectivity index (χ0) is 17.6. The molecule has 6 nitrogen and oxygen atoms in total. The molecule has 0 saturated carbocycles. The second-order valence-electron chi connectivity index (χ2n) is 4.13. The highest BCUT2D eigenvalue weighted by Gasteiger charge is 2.34. The Morgan fingerprint density at radius 1 is 1.30 bits per heavy atom. The van der Waals surface area contributed by atoms with Gasteiger partial charge in [0.1, 0.15) is 18.1 Å². The molecule has 0 aliphatic rings. The summed E-state index contributed by atoms with van der Waals surface area (Å²) in [6, 6.07) is 2.10. The van der Waals surface area contributed by atoms with Gasteiger partial charge in [0.25, 0.3) is 0 Å². The molecule has 0 atom stereocenters. The summed E-state index contributed by atoms with van der Waals surface area (Å²) in [5.41, 5.74) is -0.0323. The van der Waals surface area contributed by atoms with Crippen LogP contribution >= 0.6 is 0 Å². The molecule has 10 heteroatoms. The number of hydrogen-bond acceptors (Lipinski definition) is 5. The first-order chi connectivity index (χ1) is 10.6. The van der Waals surface area contributed by atoms with Crippen molar-refractivity contribution < 1.29 is 36.6 Å². The van der Waals surface area contributed by atoms with Crippen LogP contribution in [0.5, 0.6) is 0 Å². The predicted molar refractivity (Wildman–Crippen MR) is 70.1 cm³/mol. The zero-order valence-electron chi connectivity index (χ0n) is 12.0. The largest absolute Gasteiger partial charge is 0.459 e. The molecular weight excluding hydrogens is 324 g/mol. The number of nitrogens with one attached hydrogen (secondary N) is 1. The van der Waals surface area contributed by atoms with Crippen LogP contribution in [0.3, 0.4) is 0 Å². The summed E-state index contributed by atoms with van der Waals surface area (Å²) in [6.45, 7) is 0.555. The lowest BCUT2D eigenvalue weighted by atomic mass is 10.1. The number of halogens is 4. The number of ether oxygens (including phenoxy) is 2. The first kappa shape index (κ1) is 18.4. The minimum Gasteiger partial charge on any atom is -0.459 e. The maximum absolute atomic E-state index is 13.3. The lowest BCUT2D eigenvalue weighted by Gasteiger charge is -2.12. The van der Waals surface area contributed by atoms with E-state index < -0.39 is 36.2 Å². The van der Waals surface area contributed by atoms with Gasteiger partial charge >= 0.3 is 18.2 Å². The number of hydrogen-bond donors (Lipinski definition) is 1. The topological polar surface area (TPSA) is 77.0 Å². The van der Waals surface area contributed by atoms with E-state index in [2.05, 4.69) is 14.6 Å². The lowest BCUT2D eigenvalue weighted by Crippen LogP contribution is -2.23. The van der Waals surface area contributed by atoms with E-state index in [1.807, 2.05) is 5.43 Å². The van der Waals surface area contributed by atoms with Crippen LogP contribution in [-0.4, -0.2) is 31.5 Å². The highest BCUT2D eigenvalue weighted by molar-refractivity contribution is 6.02. The molecule has 1 N–H and O–H groups in total. The molecule has 1 aromatic rings. The average molecular weight is 336 g/mol. The van der Waals surface area contributed by atoms with Gasteiger partial charge in [-0.3, -0.25) is 4.79 Å². The first-order valence-electron chi connectivity index (χ1n) is 6.06. The van der Waals surface area contributed by atoms with Crippen molar-refractivity contribution in [3.63, 3.8) is 0 Å². The minimum atomic E-state index is -4.91. The molecule has 23 heavy (non-hydrogen) atoms. The number of benzene rings is 1. The molecule has 0 aromatic heterocycles. The van der Waals surface area contributed by atoms with E-state index >= 15 is 0 Å². The molecule has 0 aliphatic carbocycles. The van der Waals surface area contributed by atoms with E-state index in [4.69, 9.17) is 0 Å². The monoisotopic (exact) mass is 336 g/mol. The second kappa shape index (κ2) is 7.56. The Morgan fingerprint density at radius 2 is 1.96 bits per heavy atom. The number of methoxy groups -OCH3 is 1. The molecule has 0 fully saturated rings. The fourth-order valence-corrected chi connectivity index (χ4v) is 1.43. The van der Waals surface area contributed by atoms with E-state index in [1.54, 1.807) is 0 Å². The van der Waals surface area contributed by atoms with E-state index in [0.29, 0.717) is 12.1 Å². The van der Waals surface area contributed by atoms with Crippen molar-refractivity contribution in [2.45, 2.75) is 13.1 Å². The van der Waals surface area contributed by atoms with Crippen molar-refractivity contribution in [1.82, 2.24) is 5.43 Å². The SMILES string of the molecule is COC(=O)N/N=C(\COC(C)=O)c1ccc(F)c(C(F)(F)F)c1. The van der Waals surface area contributed by atoms with E-state index in [9.17, 15) is 27.2 Å². The van der Waals surface area contributed by atoms with Gasteiger partial charge < -0.3 is 9.47 Å². The van der Waals surface area contributed by atoms with Gasteiger partial charge in [0, 0.05) is 12.5 Å². The van der Waals surface area contributed by atoms with Crippen LogP contribution in [0.1, 0.15) is 18.1 Å². The summed E-state index contributed by atoms with van der Waals surface area (Å²) in [5.74, 6) is -2.18. The van der Waals surface area contributed by atoms with Crippen molar-refractivity contribution in [3.05, 3.63) is 35.1 Å². The Labute approximate surface area is 128 Å². The molecule has 0 saturated heterocycles. The standard InChI is InChI=1S/C13H12F4N2O4/c1-7(20)23-6-11(18-19-12(21)22-2)8-3-4-10(14)9(5-8)13(15,16)17/h3-5H,6H2,1-2H3,(H,19,21)/b18-11+. The van der Waals surface area contributed by atoms with Gasteiger partial charge in [0.15, 0.2) is 0 Å². The number of alkyl halides is 3. The Bertz CT molecular complexity index is 629. The Balaban J connectivity index is 3.20. The van der Waals surface area contributed by atoms with Gasteiger partial charge in [0.05, 0.1) is 12.7 Å². The van der Waals surface area contributed by atoms with E-state index in [0.717, 1.165) is 20.1 Å². The number of carbonyl (C=O) groups is 2. The van der Waals surface area contributed by atoms with Gasteiger partial charge in [-0.15, -0.1) is 0 Å². The summed E-state index contributed by atoms with van der Waals surface area (Å²) in [4.78, 5) is 21.8. The third-order valence-electron chi connectivity index (χ3n) is 2.48. The third kappa shape index (κ3) is 5.57. The molecule has 0 aliphatic heterocycles. The summed E-state index contributed by atoms with van der Waals surface area (Å²) in [5, 5.41) is 3.51. The highest BCUT2D eigenvalue weighted by atomic mass is 19.4. The van der Waals surface area contributed by atoms with Gasteiger partial charge in [-0.25, -0.2) is 14.6 Å². The highest BCUT2D eigenvalue weighted by Crippen LogP contribution is 2.32. The quantitative estimate of drug-likeness (QED) is 0.397. The number of esters is 1. The fourth-order valence-electron chi connectivity index (χ4n) is 1.43. The molecule has 0 radical (unpaired) electrons. The van der Waals surface area contributed by atoms with Crippen molar-refractivity contribution in [1.29, 1.82) is 0 Å². The molecular formula is C13H12F4N2O4. The molecule has 0 spiro atoms. The number of nitrogens with zero attached hydrogens (tertiary/aromatic N) is 1. The minimum absolute atomic E-state index is 0.184. The number of carbonyl (C=O) groups excluding carboxylic acids is 2. The van der Waals surface area contributed by atoms with Crippen LogP contribution in [0, 0.1) is 5.82 Å². The molecule has 0 bridgehead atoms. The summed E-state index contributed by atoms with van der Waals surface area (Å²) >= 11 is 0. The maximum Gasteiger partial charge on any atom is 0.427 e. The Kier molecular flexibility index (Phi) is 6.05.